The minimum atomic E-state index is 0.609. The third-order valence-electron chi connectivity index (χ3n) is 2.20. The lowest BCUT2D eigenvalue weighted by atomic mass is 10.1. The smallest absolute Gasteiger partial charge is 0.119 e. The van der Waals surface area contributed by atoms with Crippen molar-refractivity contribution in [3.63, 3.8) is 0 Å². The van der Waals surface area contributed by atoms with Crippen molar-refractivity contribution >= 4 is 11.8 Å². The maximum Gasteiger partial charge on any atom is 0.119 e. The van der Waals surface area contributed by atoms with E-state index >= 15 is 0 Å². The zero-order valence-electron chi connectivity index (χ0n) is 9.19. The zero-order chi connectivity index (χ0) is 11.3. The first-order valence-corrected chi connectivity index (χ1v) is 4.68. The van der Waals surface area contributed by atoms with Crippen molar-refractivity contribution in [2.75, 3.05) is 7.11 Å². The molecular formula is C12H15NO2. The second kappa shape index (κ2) is 5.20. The first-order valence-electron chi connectivity index (χ1n) is 4.68. The van der Waals surface area contributed by atoms with Gasteiger partial charge in [0, 0.05) is 0 Å². The van der Waals surface area contributed by atoms with E-state index in [4.69, 9.17) is 9.94 Å². The van der Waals surface area contributed by atoms with Crippen LogP contribution in [0.1, 0.15) is 19.4 Å². The van der Waals surface area contributed by atoms with E-state index in [-0.39, 0.29) is 0 Å². The predicted octanol–water partition coefficient (Wildman–Crippen LogP) is 2.95. The fraction of sp³-hybridized carbons (Fsp3) is 0.250. The monoisotopic (exact) mass is 205 g/mol. The number of methoxy groups -OCH3 is 1. The molecule has 0 atom stereocenters. The Balaban J connectivity index is 2.97. The Morgan fingerprint density at radius 2 is 2.13 bits per heavy atom. The van der Waals surface area contributed by atoms with Crippen molar-refractivity contribution < 1.29 is 9.94 Å². The van der Waals surface area contributed by atoms with Crippen LogP contribution in [0.4, 0.5) is 0 Å². The average Bonchev–Trinajstić information content (AvgIpc) is 2.28. The van der Waals surface area contributed by atoms with E-state index in [1.165, 1.54) is 0 Å². The van der Waals surface area contributed by atoms with Gasteiger partial charge >= 0.3 is 0 Å². The van der Waals surface area contributed by atoms with E-state index in [0.29, 0.717) is 5.71 Å². The summed E-state index contributed by atoms with van der Waals surface area (Å²) < 4.78 is 5.11. The maximum absolute atomic E-state index is 8.61. The van der Waals surface area contributed by atoms with Gasteiger partial charge < -0.3 is 9.94 Å². The highest BCUT2D eigenvalue weighted by Crippen LogP contribution is 2.15. The Hall–Kier alpha value is -1.77. The summed E-state index contributed by atoms with van der Waals surface area (Å²) in [4.78, 5) is 0. The summed E-state index contributed by atoms with van der Waals surface area (Å²) in [5, 5.41) is 11.8. The predicted molar refractivity (Wildman–Crippen MR) is 61.5 cm³/mol. The van der Waals surface area contributed by atoms with Crippen LogP contribution < -0.4 is 4.74 Å². The van der Waals surface area contributed by atoms with Crippen molar-refractivity contribution in [2.45, 2.75) is 13.8 Å². The molecule has 0 amide bonds. The Bertz CT molecular complexity index is 394. The van der Waals surface area contributed by atoms with E-state index in [9.17, 15) is 0 Å². The summed E-state index contributed by atoms with van der Waals surface area (Å²) in [6.45, 7) is 3.65. The second-order valence-electron chi connectivity index (χ2n) is 3.29. The average molecular weight is 205 g/mol. The third kappa shape index (κ3) is 3.13. The van der Waals surface area contributed by atoms with Crippen LogP contribution in [0.5, 0.6) is 5.75 Å². The van der Waals surface area contributed by atoms with Crippen LogP contribution in [-0.4, -0.2) is 18.0 Å². The Kier molecular flexibility index (Phi) is 3.92. The fourth-order valence-electron chi connectivity index (χ4n) is 1.16. The fourth-order valence-corrected chi connectivity index (χ4v) is 1.16. The molecule has 0 aliphatic rings. The molecule has 1 aromatic rings. The number of oxime groups is 1. The minimum Gasteiger partial charge on any atom is -0.497 e. The molecular weight excluding hydrogens is 190 g/mol. The lowest BCUT2D eigenvalue weighted by Gasteiger charge is -2.02. The van der Waals surface area contributed by atoms with Gasteiger partial charge in [0.15, 0.2) is 0 Å². The Morgan fingerprint density at radius 3 is 2.73 bits per heavy atom. The molecule has 0 heterocycles. The van der Waals surface area contributed by atoms with Crippen LogP contribution >= 0.6 is 0 Å². The molecule has 0 spiro atoms. The first kappa shape index (κ1) is 11.3. The van der Waals surface area contributed by atoms with Gasteiger partial charge in [0.2, 0.25) is 0 Å². The number of rotatable bonds is 3. The van der Waals surface area contributed by atoms with Gasteiger partial charge in [-0.1, -0.05) is 17.3 Å². The number of benzene rings is 1. The van der Waals surface area contributed by atoms with Gasteiger partial charge in [-0.3, -0.25) is 0 Å². The summed E-state index contributed by atoms with van der Waals surface area (Å²) in [5.41, 5.74) is 2.55. The lowest BCUT2D eigenvalue weighted by molar-refractivity contribution is 0.319. The summed E-state index contributed by atoms with van der Waals surface area (Å²) in [5.74, 6) is 0.815. The molecule has 0 aromatic heterocycles. The minimum absolute atomic E-state index is 0.609. The molecule has 3 heteroatoms. The van der Waals surface area contributed by atoms with Crippen LogP contribution in [0.2, 0.25) is 0 Å². The number of hydrogen-bond donors (Lipinski definition) is 1. The molecule has 0 aliphatic heterocycles. The second-order valence-corrected chi connectivity index (χ2v) is 3.29. The molecule has 0 unspecified atom stereocenters. The van der Waals surface area contributed by atoms with Crippen molar-refractivity contribution in [1.29, 1.82) is 0 Å². The van der Waals surface area contributed by atoms with Gasteiger partial charge in [0.05, 0.1) is 12.8 Å². The highest BCUT2D eigenvalue weighted by Gasteiger charge is 1.97. The molecule has 0 radical (unpaired) electrons. The van der Waals surface area contributed by atoms with Gasteiger partial charge in [-0.15, -0.1) is 0 Å². The molecule has 0 bridgehead atoms. The van der Waals surface area contributed by atoms with Crippen LogP contribution in [0.3, 0.4) is 0 Å². The largest absolute Gasteiger partial charge is 0.497 e. The topological polar surface area (TPSA) is 41.8 Å². The molecule has 1 aromatic carbocycles. The highest BCUT2D eigenvalue weighted by molar-refractivity contribution is 6.01. The quantitative estimate of drug-likeness (QED) is 0.468. The molecule has 1 rings (SSSR count). The van der Waals surface area contributed by atoms with Crippen molar-refractivity contribution in [2.24, 2.45) is 5.16 Å². The maximum atomic E-state index is 8.61. The van der Waals surface area contributed by atoms with Crippen LogP contribution in [-0.2, 0) is 0 Å². The summed E-state index contributed by atoms with van der Waals surface area (Å²) in [6.07, 6.45) is 1.94. The van der Waals surface area contributed by atoms with E-state index < -0.39 is 0 Å². The Morgan fingerprint density at radius 1 is 1.40 bits per heavy atom. The first-order chi connectivity index (χ1) is 7.17. The molecule has 0 fully saturated rings. The third-order valence-corrected chi connectivity index (χ3v) is 2.20. The van der Waals surface area contributed by atoms with Gasteiger partial charge in [-0.25, -0.2) is 0 Å². The zero-order valence-corrected chi connectivity index (χ0v) is 9.19. The van der Waals surface area contributed by atoms with Gasteiger partial charge in [-0.05, 0) is 43.2 Å². The summed E-state index contributed by atoms with van der Waals surface area (Å²) >= 11 is 0. The standard InChI is InChI=1S/C12H15NO2/c1-9(10(2)13-14)7-11-5-4-6-12(8-11)15-3/h4-8,14H,1-3H3/b9-7+,13-10?. The number of hydrogen-bond acceptors (Lipinski definition) is 3. The Labute approximate surface area is 89.7 Å². The SMILES string of the molecule is COc1cccc(/C=C(\C)C(C)=NO)c1. The number of nitrogens with zero attached hydrogens (tertiary/aromatic N) is 1. The van der Waals surface area contributed by atoms with E-state index in [2.05, 4.69) is 5.16 Å². The molecule has 15 heavy (non-hydrogen) atoms. The van der Waals surface area contributed by atoms with E-state index in [1.54, 1.807) is 14.0 Å². The molecule has 0 saturated carbocycles. The van der Waals surface area contributed by atoms with Crippen LogP contribution in [0.25, 0.3) is 6.08 Å². The molecule has 1 N–H and O–H groups in total. The number of allylic oxidation sites excluding steroid dienone is 1. The normalized spacial score (nSPS) is 12.7. The molecule has 0 saturated heterocycles. The van der Waals surface area contributed by atoms with Crippen LogP contribution in [0.15, 0.2) is 35.0 Å². The van der Waals surface area contributed by atoms with Gasteiger partial charge in [0.1, 0.15) is 5.75 Å². The van der Waals surface area contributed by atoms with Gasteiger partial charge in [-0.2, -0.15) is 0 Å². The van der Waals surface area contributed by atoms with Crippen molar-refractivity contribution in [1.82, 2.24) is 0 Å². The highest BCUT2D eigenvalue weighted by atomic mass is 16.5. The summed E-state index contributed by atoms with van der Waals surface area (Å²) in [7, 11) is 1.64. The van der Waals surface area contributed by atoms with Crippen molar-refractivity contribution in [3.05, 3.63) is 35.4 Å². The molecule has 3 nitrogen and oxygen atoms in total. The lowest BCUT2D eigenvalue weighted by Crippen LogP contribution is -1.92. The van der Waals surface area contributed by atoms with E-state index in [1.807, 2.05) is 37.3 Å². The number of ether oxygens (including phenoxy) is 1. The molecule has 80 valence electrons. The molecule has 0 aliphatic carbocycles. The van der Waals surface area contributed by atoms with Gasteiger partial charge in [0.25, 0.3) is 0 Å². The summed E-state index contributed by atoms with van der Waals surface area (Å²) in [6, 6.07) is 7.70. The van der Waals surface area contributed by atoms with Crippen molar-refractivity contribution in [3.8, 4) is 5.75 Å². The van der Waals surface area contributed by atoms with Crippen LogP contribution in [0, 0.1) is 0 Å². The van der Waals surface area contributed by atoms with E-state index in [0.717, 1.165) is 16.9 Å².